The van der Waals surface area contributed by atoms with Gasteiger partial charge in [0.1, 0.15) is 11.6 Å². The summed E-state index contributed by atoms with van der Waals surface area (Å²) in [6.45, 7) is 3.65. The monoisotopic (exact) mass is 496 g/mol. The molecule has 0 aliphatic heterocycles. The number of carboxylic acid groups (broad SMARTS) is 1. The van der Waals surface area contributed by atoms with Gasteiger partial charge in [0, 0.05) is 37.8 Å². The molecule has 1 heterocycles. The van der Waals surface area contributed by atoms with Gasteiger partial charge in [-0.25, -0.2) is 0 Å². The Bertz CT molecular complexity index is 1270. The second kappa shape index (κ2) is 9.21. The third kappa shape index (κ3) is 4.88. The highest BCUT2D eigenvalue weighted by Gasteiger charge is 2.15. The Kier molecular flexibility index (Phi) is 6.64. The first kappa shape index (κ1) is 22.3. The molecule has 156 valence electrons. The molecular formula is C23H16BrClN3O3-. The number of nitrogens with zero attached hydrogens (tertiary/aromatic N) is 2. The number of aromatic carboxylic acids is 1. The molecule has 1 N–H and O–H groups in total. The summed E-state index contributed by atoms with van der Waals surface area (Å²) in [4.78, 5) is 23.9. The summed E-state index contributed by atoms with van der Waals surface area (Å²) in [7, 11) is 0. The van der Waals surface area contributed by atoms with Gasteiger partial charge in [-0.2, -0.15) is 5.26 Å². The number of hydrogen-bond acceptors (Lipinski definition) is 4. The van der Waals surface area contributed by atoms with Crippen molar-refractivity contribution >= 4 is 51.2 Å². The largest absolute Gasteiger partial charge is 0.545 e. The minimum Gasteiger partial charge on any atom is -0.545 e. The van der Waals surface area contributed by atoms with Crippen molar-refractivity contribution in [3.05, 3.63) is 86.1 Å². The molecule has 8 heteroatoms. The highest BCUT2D eigenvalue weighted by Crippen LogP contribution is 2.26. The Morgan fingerprint density at radius 2 is 1.94 bits per heavy atom. The van der Waals surface area contributed by atoms with Gasteiger partial charge < -0.3 is 19.8 Å². The van der Waals surface area contributed by atoms with Crippen LogP contribution in [0.3, 0.4) is 0 Å². The molecule has 6 nitrogen and oxygen atoms in total. The average molecular weight is 498 g/mol. The Hall–Kier alpha value is -3.34. The minimum absolute atomic E-state index is 0.0632. The van der Waals surface area contributed by atoms with Crippen LogP contribution in [0.5, 0.6) is 0 Å². The van der Waals surface area contributed by atoms with Gasteiger partial charge in [-0.3, -0.25) is 4.79 Å². The van der Waals surface area contributed by atoms with Crippen LogP contribution in [0, 0.1) is 25.2 Å². The van der Waals surface area contributed by atoms with Crippen LogP contribution in [0.25, 0.3) is 11.8 Å². The number of nitriles is 1. The molecule has 31 heavy (non-hydrogen) atoms. The molecule has 0 bridgehead atoms. The van der Waals surface area contributed by atoms with Crippen LogP contribution in [0.2, 0.25) is 5.02 Å². The minimum atomic E-state index is -1.37. The molecule has 3 rings (SSSR count). The van der Waals surface area contributed by atoms with Gasteiger partial charge in [-0.05, 0) is 68.0 Å². The average Bonchev–Trinajstić information content (AvgIpc) is 2.99. The van der Waals surface area contributed by atoms with Crippen molar-refractivity contribution in [1.29, 1.82) is 5.26 Å². The Morgan fingerprint density at radius 1 is 1.19 bits per heavy atom. The quantitative estimate of drug-likeness (QED) is 0.417. The van der Waals surface area contributed by atoms with Gasteiger partial charge in [-0.1, -0.05) is 33.6 Å². The summed E-state index contributed by atoms with van der Waals surface area (Å²) in [6.07, 6.45) is 1.50. The number of aromatic nitrogens is 1. The maximum Gasteiger partial charge on any atom is 0.266 e. The fourth-order valence-electron chi connectivity index (χ4n) is 3.21. The van der Waals surface area contributed by atoms with Gasteiger partial charge in [0.25, 0.3) is 5.91 Å². The summed E-state index contributed by atoms with van der Waals surface area (Å²) in [5, 5.41) is 23.6. The van der Waals surface area contributed by atoms with Crippen molar-refractivity contribution in [1.82, 2.24) is 4.57 Å². The summed E-state index contributed by atoms with van der Waals surface area (Å²) in [5.41, 5.74) is 3.13. The second-order valence-corrected chi connectivity index (χ2v) is 8.07. The van der Waals surface area contributed by atoms with E-state index in [-0.39, 0.29) is 16.2 Å². The number of carbonyl (C=O) groups is 2. The van der Waals surface area contributed by atoms with Crippen molar-refractivity contribution in [3.63, 3.8) is 0 Å². The summed E-state index contributed by atoms with van der Waals surface area (Å²) >= 11 is 9.28. The van der Waals surface area contributed by atoms with E-state index in [1.165, 1.54) is 18.2 Å². The van der Waals surface area contributed by atoms with Crippen LogP contribution in [0.4, 0.5) is 5.69 Å². The van der Waals surface area contributed by atoms with Gasteiger partial charge in [0.2, 0.25) is 0 Å². The number of benzene rings is 2. The molecule has 2 aromatic carbocycles. The topological polar surface area (TPSA) is 98.0 Å². The first-order chi connectivity index (χ1) is 14.7. The lowest BCUT2D eigenvalue weighted by Gasteiger charge is -2.13. The molecule has 0 fully saturated rings. The molecule has 0 aliphatic rings. The SMILES string of the molecule is Cc1cc(/C=C(\C#N)C(=O)Nc2cccc(Br)c2)c(C)n1-c1ccc(Cl)c(C(=O)[O-])c1. The van der Waals surface area contributed by atoms with E-state index in [9.17, 15) is 20.0 Å². The number of rotatable bonds is 5. The zero-order chi connectivity index (χ0) is 22.7. The highest BCUT2D eigenvalue weighted by atomic mass is 79.9. The van der Waals surface area contributed by atoms with E-state index in [2.05, 4.69) is 21.2 Å². The number of carboxylic acids is 1. The molecule has 0 unspecified atom stereocenters. The number of hydrogen-bond donors (Lipinski definition) is 1. The van der Waals surface area contributed by atoms with Crippen molar-refractivity contribution < 1.29 is 14.7 Å². The summed E-state index contributed by atoms with van der Waals surface area (Å²) in [6, 6.07) is 15.4. The number of aryl methyl sites for hydroxylation is 1. The first-order valence-electron chi connectivity index (χ1n) is 9.10. The van der Waals surface area contributed by atoms with Gasteiger partial charge >= 0.3 is 0 Å². The van der Waals surface area contributed by atoms with E-state index < -0.39 is 11.9 Å². The smallest absolute Gasteiger partial charge is 0.266 e. The summed E-state index contributed by atoms with van der Waals surface area (Å²) < 4.78 is 2.62. The highest BCUT2D eigenvalue weighted by molar-refractivity contribution is 9.10. The van der Waals surface area contributed by atoms with E-state index in [1.54, 1.807) is 24.3 Å². The van der Waals surface area contributed by atoms with Gasteiger partial charge in [0.05, 0.1) is 5.97 Å². The van der Waals surface area contributed by atoms with Crippen molar-refractivity contribution in [2.24, 2.45) is 0 Å². The fraction of sp³-hybridized carbons (Fsp3) is 0.0870. The Morgan fingerprint density at radius 3 is 2.58 bits per heavy atom. The Labute approximate surface area is 192 Å². The molecule has 0 saturated heterocycles. The standard InChI is InChI=1S/C23H17BrClN3O3/c1-13-8-15(9-16(12-26)22(29)27-18-5-3-4-17(24)10-18)14(2)28(13)19-6-7-21(25)20(11-19)23(30)31/h3-11H,1-2H3,(H,27,29)(H,30,31)/p-1/b16-9+. The third-order valence-electron chi connectivity index (χ3n) is 4.65. The van der Waals surface area contributed by atoms with Gasteiger partial charge in [0.15, 0.2) is 0 Å². The lowest BCUT2D eigenvalue weighted by Crippen LogP contribution is -2.23. The maximum absolute atomic E-state index is 12.6. The molecule has 0 atom stereocenters. The van der Waals surface area contributed by atoms with E-state index in [4.69, 9.17) is 11.6 Å². The van der Waals surface area contributed by atoms with Crippen LogP contribution >= 0.6 is 27.5 Å². The molecule has 1 amide bonds. The normalized spacial score (nSPS) is 11.1. The van der Waals surface area contributed by atoms with Crippen LogP contribution < -0.4 is 10.4 Å². The Balaban J connectivity index is 1.98. The van der Waals surface area contributed by atoms with E-state index >= 15 is 0 Å². The van der Waals surface area contributed by atoms with Crippen molar-refractivity contribution in [3.8, 4) is 11.8 Å². The third-order valence-corrected chi connectivity index (χ3v) is 5.47. The van der Waals surface area contributed by atoms with Crippen molar-refractivity contribution in [2.75, 3.05) is 5.32 Å². The van der Waals surface area contributed by atoms with Crippen LogP contribution in [0.1, 0.15) is 27.3 Å². The lowest BCUT2D eigenvalue weighted by atomic mass is 10.1. The molecule has 0 spiro atoms. The first-order valence-corrected chi connectivity index (χ1v) is 10.3. The van der Waals surface area contributed by atoms with Crippen LogP contribution in [-0.2, 0) is 4.79 Å². The zero-order valence-corrected chi connectivity index (χ0v) is 18.9. The molecule has 0 saturated carbocycles. The number of amides is 1. The number of nitrogens with one attached hydrogen (secondary N) is 1. The molecule has 1 aromatic heterocycles. The van der Waals surface area contributed by atoms with E-state index in [0.29, 0.717) is 16.9 Å². The van der Waals surface area contributed by atoms with E-state index in [1.807, 2.05) is 36.6 Å². The summed E-state index contributed by atoms with van der Waals surface area (Å²) in [5.74, 6) is -1.90. The predicted octanol–water partition coefficient (Wildman–Crippen LogP) is 4.42. The van der Waals surface area contributed by atoms with Crippen LogP contribution in [-0.4, -0.2) is 16.4 Å². The second-order valence-electron chi connectivity index (χ2n) is 6.75. The van der Waals surface area contributed by atoms with Gasteiger partial charge in [-0.15, -0.1) is 0 Å². The number of carbonyl (C=O) groups excluding carboxylic acids is 2. The maximum atomic E-state index is 12.6. The molecular weight excluding hydrogens is 482 g/mol. The molecule has 3 aromatic rings. The van der Waals surface area contributed by atoms with Crippen LogP contribution in [0.15, 0.2) is 58.6 Å². The fourth-order valence-corrected chi connectivity index (χ4v) is 3.80. The van der Waals surface area contributed by atoms with Crippen molar-refractivity contribution in [2.45, 2.75) is 13.8 Å². The van der Waals surface area contributed by atoms with E-state index in [0.717, 1.165) is 15.9 Å². The number of anilines is 1. The lowest BCUT2D eigenvalue weighted by molar-refractivity contribution is -0.255. The predicted molar refractivity (Wildman–Crippen MR) is 121 cm³/mol. The molecule has 0 aliphatic carbocycles. The molecule has 0 radical (unpaired) electrons. The number of halogens is 2. The zero-order valence-electron chi connectivity index (χ0n) is 16.6.